The fourth-order valence-electron chi connectivity index (χ4n) is 1.16. The van der Waals surface area contributed by atoms with Crippen LogP contribution in [0.1, 0.15) is 10.4 Å². The Kier molecular flexibility index (Phi) is 6.13. The molecule has 0 spiro atoms. The molecule has 106 valence electrons. The summed E-state index contributed by atoms with van der Waals surface area (Å²) in [6.07, 6.45) is 0. The minimum absolute atomic E-state index is 0.0951. The second-order valence-electron chi connectivity index (χ2n) is 3.32. The molecule has 0 unspecified atom stereocenters. The molecule has 0 aliphatic heterocycles. The van der Waals surface area contributed by atoms with Crippen LogP contribution in [0.2, 0.25) is 0 Å². The van der Waals surface area contributed by atoms with Crippen molar-refractivity contribution in [2.75, 3.05) is 20.3 Å². The summed E-state index contributed by atoms with van der Waals surface area (Å²) >= 11 is -0.342. The molecule has 1 aromatic carbocycles. The Morgan fingerprint density at radius 3 is 2.63 bits per heavy atom. The summed E-state index contributed by atoms with van der Waals surface area (Å²) in [5.41, 5.74) is -2.49. The number of nitrogens with one attached hydrogen (secondary N) is 1. The van der Waals surface area contributed by atoms with Crippen LogP contribution in [0.3, 0.4) is 0 Å². The van der Waals surface area contributed by atoms with Gasteiger partial charge < -0.3 is 4.74 Å². The van der Waals surface area contributed by atoms with Gasteiger partial charge in [0.1, 0.15) is 0 Å². The lowest BCUT2D eigenvalue weighted by atomic mass is 10.2. The Hall–Kier alpha value is -1.25. The standard InChI is InChI=1S/C11H12F3NO3S/c1-17-6-7-18-15-10(16)8-4-2-3-5-9(8)19-11(12,13)14/h2-5H,6-7H2,1H3,(H,15,16). The number of methoxy groups -OCH3 is 1. The first-order valence-electron chi connectivity index (χ1n) is 5.20. The van der Waals surface area contributed by atoms with E-state index in [0.717, 1.165) is 0 Å². The van der Waals surface area contributed by atoms with Crippen LogP contribution >= 0.6 is 11.8 Å². The van der Waals surface area contributed by atoms with E-state index in [4.69, 9.17) is 4.84 Å². The van der Waals surface area contributed by atoms with Gasteiger partial charge in [-0.2, -0.15) is 13.2 Å². The van der Waals surface area contributed by atoms with E-state index in [9.17, 15) is 18.0 Å². The lowest BCUT2D eigenvalue weighted by Gasteiger charge is -2.11. The van der Waals surface area contributed by atoms with Crippen LogP contribution in [0.5, 0.6) is 0 Å². The molecule has 0 saturated carbocycles. The molecule has 0 heterocycles. The second kappa shape index (κ2) is 7.37. The smallest absolute Gasteiger partial charge is 0.382 e. The normalized spacial score (nSPS) is 11.4. The maximum Gasteiger partial charge on any atom is 0.446 e. The second-order valence-corrected chi connectivity index (χ2v) is 4.42. The Morgan fingerprint density at radius 1 is 1.32 bits per heavy atom. The van der Waals surface area contributed by atoms with Gasteiger partial charge in [0.25, 0.3) is 5.91 Å². The number of rotatable bonds is 6. The lowest BCUT2D eigenvalue weighted by molar-refractivity contribution is -0.0328. The number of alkyl halides is 3. The van der Waals surface area contributed by atoms with E-state index in [-0.39, 0.29) is 35.4 Å². The summed E-state index contributed by atoms with van der Waals surface area (Å²) in [5, 5.41) is 0. The highest BCUT2D eigenvalue weighted by Crippen LogP contribution is 2.38. The zero-order valence-electron chi connectivity index (χ0n) is 9.99. The van der Waals surface area contributed by atoms with Crippen molar-refractivity contribution in [1.82, 2.24) is 5.48 Å². The molecule has 0 radical (unpaired) electrons. The summed E-state index contributed by atoms with van der Waals surface area (Å²) < 4.78 is 41.7. The maximum absolute atomic E-state index is 12.3. The molecule has 1 amide bonds. The lowest BCUT2D eigenvalue weighted by Crippen LogP contribution is -2.26. The van der Waals surface area contributed by atoms with Crippen LogP contribution in [0, 0.1) is 0 Å². The summed E-state index contributed by atoms with van der Waals surface area (Å²) in [4.78, 5) is 16.2. The first kappa shape index (κ1) is 15.8. The largest absolute Gasteiger partial charge is 0.446 e. The van der Waals surface area contributed by atoms with E-state index in [0.29, 0.717) is 0 Å². The topological polar surface area (TPSA) is 47.6 Å². The monoisotopic (exact) mass is 295 g/mol. The van der Waals surface area contributed by atoms with Gasteiger partial charge in [0.2, 0.25) is 0 Å². The third-order valence-electron chi connectivity index (χ3n) is 1.91. The molecule has 4 nitrogen and oxygen atoms in total. The van der Waals surface area contributed by atoms with Gasteiger partial charge in [-0.15, -0.1) is 0 Å². The molecular weight excluding hydrogens is 283 g/mol. The van der Waals surface area contributed by atoms with Crippen molar-refractivity contribution in [3.63, 3.8) is 0 Å². The van der Waals surface area contributed by atoms with E-state index in [1.807, 2.05) is 0 Å². The van der Waals surface area contributed by atoms with Gasteiger partial charge in [0.15, 0.2) is 0 Å². The summed E-state index contributed by atoms with van der Waals surface area (Å²) in [6.45, 7) is 0.371. The van der Waals surface area contributed by atoms with E-state index in [2.05, 4.69) is 10.2 Å². The van der Waals surface area contributed by atoms with Crippen molar-refractivity contribution >= 4 is 17.7 Å². The Balaban J connectivity index is 2.68. The molecule has 0 aliphatic rings. The molecule has 0 saturated heterocycles. The van der Waals surface area contributed by atoms with Crippen LogP contribution < -0.4 is 5.48 Å². The number of benzene rings is 1. The average molecular weight is 295 g/mol. The van der Waals surface area contributed by atoms with E-state index >= 15 is 0 Å². The van der Waals surface area contributed by atoms with Crippen LogP contribution in [0.25, 0.3) is 0 Å². The third-order valence-corrected chi connectivity index (χ3v) is 2.72. The third kappa shape index (κ3) is 5.95. The van der Waals surface area contributed by atoms with Gasteiger partial charge in [0, 0.05) is 12.0 Å². The van der Waals surface area contributed by atoms with Crippen LogP contribution in [0.15, 0.2) is 29.2 Å². The fraction of sp³-hybridized carbons (Fsp3) is 0.364. The number of halogens is 3. The van der Waals surface area contributed by atoms with Crippen molar-refractivity contribution in [2.45, 2.75) is 10.4 Å². The Bertz CT molecular complexity index is 426. The van der Waals surface area contributed by atoms with E-state index in [1.165, 1.54) is 31.4 Å². The minimum atomic E-state index is -4.45. The SMILES string of the molecule is COCCONC(=O)c1ccccc1SC(F)(F)F. The Labute approximate surface area is 112 Å². The molecular formula is C11H12F3NO3S. The van der Waals surface area contributed by atoms with Crippen LogP contribution in [0.4, 0.5) is 13.2 Å². The van der Waals surface area contributed by atoms with Crippen LogP contribution in [-0.2, 0) is 9.57 Å². The maximum atomic E-state index is 12.3. The zero-order chi connectivity index (χ0) is 14.3. The number of amides is 1. The van der Waals surface area contributed by atoms with Crippen molar-refractivity contribution in [1.29, 1.82) is 0 Å². The van der Waals surface area contributed by atoms with Gasteiger partial charge in [-0.1, -0.05) is 12.1 Å². The van der Waals surface area contributed by atoms with Gasteiger partial charge in [-0.25, -0.2) is 5.48 Å². The number of hydrogen-bond acceptors (Lipinski definition) is 4. The Morgan fingerprint density at radius 2 is 2.00 bits per heavy atom. The first-order valence-corrected chi connectivity index (χ1v) is 6.01. The highest BCUT2D eigenvalue weighted by atomic mass is 32.2. The number of carbonyl (C=O) groups is 1. The predicted molar refractivity (Wildman–Crippen MR) is 63.6 cm³/mol. The van der Waals surface area contributed by atoms with Crippen molar-refractivity contribution in [3.05, 3.63) is 29.8 Å². The number of carbonyl (C=O) groups excluding carboxylic acids is 1. The van der Waals surface area contributed by atoms with Crippen LogP contribution in [-0.4, -0.2) is 31.7 Å². The molecule has 8 heteroatoms. The molecule has 1 aromatic rings. The van der Waals surface area contributed by atoms with Gasteiger partial charge in [-0.05, 0) is 23.9 Å². The van der Waals surface area contributed by atoms with Crippen molar-refractivity contribution in [3.8, 4) is 0 Å². The number of ether oxygens (including phenoxy) is 1. The average Bonchev–Trinajstić information content (AvgIpc) is 2.33. The quantitative estimate of drug-likeness (QED) is 0.498. The van der Waals surface area contributed by atoms with E-state index in [1.54, 1.807) is 0 Å². The summed E-state index contributed by atoms with van der Waals surface area (Å²) in [7, 11) is 1.46. The summed E-state index contributed by atoms with van der Waals surface area (Å²) in [6, 6.07) is 5.42. The molecule has 0 fully saturated rings. The number of thioether (sulfide) groups is 1. The number of hydroxylamine groups is 1. The van der Waals surface area contributed by atoms with Gasteiger partial charge >= 0.3 is 5.51 Å². The van der Waals surface area contributed by atoms with Crippen molar-refractivity contribution in [2.24, 2.45) is 0 Å². The molecule has 0 atom stereocenters. The van der Waals surface area contributed by atoms with Crippen molar-refractivity contribution < 1.29 is 27.5 Å². The molecule has 1 rings (SSSR count). The molecule has 1 N–H and O–H groups in total. The highest BCUT2D eigenvalue weighted by Gasteiger charge is 2.31. The zero-order valence-corrected chi connectivity index (χ0v) is 10.8. The van der Waals surface area contributed by atoms with E-state index < -0.39 is 11.4 Å². The molecule has 0 aliphatic carbocycles. The first-order chi connectivity index (χ1) is 8.94. The molecule has 19 heavy (non-hydrogen) atoms. The fourth-order valence-corrected chi connectivity index (χ4v) is 1.83. The highest BCUT2D eigenvalue weighted by molar-refractivity contribution is 8.00. The predicted octanol–water partition coefficient (Wildman–Crippen LogP) is 2.61. The number of hydrogen-bond donors (Lipinski definition) is 1. The van der Waals surface area contributed by atoms with Gasteiger partial charge in [0.05, 0.1) is 18.8 Å². The van der Waals surface area contributed by atoms with Gasteiger partial charge in [-0.3, -0.25) is 9.63 Å². The molecule has 0 aromatic heterocycles. The summed E-state index contributed by atoms with van der Waals surface area (Å²) in [5.74, 6) is -0.733. The minimum Gasteiger partial charge on any atom is -0.382 e. The molecule has 0 bridgehead atoms.